The van der Waals surface area contributed by atoms with Crippen LogP contribution in [0, 0.1) is 0 Å². The largest absolute Gasteiger partial charge is 0.310 e. The van der Waals surface area contributed by atoms with Crippen molar-refractivity contribution in [1.82, 2.24) is 5.32 Å². The van der Waals surface area contributed by atoms with Crippen molar-refractivity contribution in [2.75, 3.05) is 6.54 Å². The molecule has 2 aromatic rings. The van der Waals surface area contributed by atoms with Gasteiger partial charge in [-0.05, 0) is 35.7 Å². The Morgan fingerprint density at radius 3 is 2.59 bits per heavy atom. The molecule has 3 heteroatoms. The first-order valence-corrected chi connectivity index (χ1v) is 7.48. The highest BCUT2D eigenvalue weighted by atomic mass is 79.9. The standard InChI is InChI=1S/C14H16BrNS/c1-2-16-14(10-13-4-3-9-17-13)11-5-7-12(15)8-6-11/h3-9,14,16H,2,10H2,1H3. The van der Waals surface area contributed by atoms with Crippen LogP contribution in [0.4, 0.5) is 0 Å². The first-order valence-electron chi connectivity index (χ1n) is 5.81. The van der Waals surface area contributed by atoms with Crippen LogP contribution in [0.1, 0.15) is 23.4 Å². The van der Waals surface area contributed by atoms with Gasteiger partial charge in [-0.3, -0.25) is 0 Å². The Labute approximate surface area is 115 Å². The van der Waals surface area contributed by atoms with E-state index in [-0.39, 0.29) is 0 Å². The van der Waals surface area contributed by atoms with Crippen molar-refractivity contribution in [2.45, 2.75) is 19.4 Å². The highest BCUT2D eigenvalue weighted by molar-refractivity contribution is 9.10. The number of nitrogens with one attached hydrogen (secondary N) is 1. The van der Waals surface area contributed by atoms with E-state index < -0.39 is 0 Å². The van der Waals surface area contributed by atoms with Crippen LogP contribution in [-0.2, 0) is 6.42 Å². The Morgan fingerprint density at radius 1 is 1.24 bits per heavy atom. The average molecular weight is 310 g/mol. The Kier molecular flexibility index (Phi) is 4.77. The average Bonchev–Trinajstić information content (AvgIpc) is 2.82. The fourth-order valence-electron chi connectivity index (χ4n) is 1.88. The van der Waals surface area contributed by atoms with Crippen molar-refractivity contribution in [3.63, 3.8) is 0 Å². The lowest BCUT2D eigenvalue weighted by Gasteiger charge is -2.17. The molecule has 0 aliphatic heterocycles. The second-order valence-electron chi connectivity index (χ2n) is 3.95. The summed E-state index contributed by atoms with van der Waals surface area (Å²) in [5.74, 6) is 0. The van der Waals surface area contributed by atoms with Gasteiger partial charge in [0, 0.05) is 21.8 Å². The molecule has 0 aliphatic carbocycles. The summed E-state index contributed by atoms with van der Waals surface area (Å²) in [5.41, 5.74) is 1.35. The lowest BCUT2D eigenvalue weighted by Crippen LogP contribution is -2.22. The molecule has 1 N–H and O–H groups in total. The first-order chi connectivity index (χ1) is 8.29. The van der Waals surface area contributed by atoms with Gasteiger partial charge in [-0.15, -0.1) is 11.3 Å². The van der Waals surface area contributed by atoms with E-state index in [2.05, 4.69) is 69.9 Å². The number of likely N-dealkylation sites (N-methyl/N-ethyl adjacent to an activating group) is 1. The SMILES string of the molecule is CCNC(Cc1cccs1)c1ccc(Br)cc1. The molecule has 1 heterocycles. The maximum absolute atomic E-state index is 3.55. The number of rotatable bonds is 5. The number of halogens is 1. The molecule has 0 spiro atoms. The Hall–Kier alpha value is -0.640. The van der Waals surface area contributed by atoms with E-state index in [1.807, 2.05) is 11.3 Å². The van der Waals surface area contributed by atoms with Crippen molar-refractivity contribution in [1.29, 1.82) is 0 Å². The molecule has 1 atom stereocenters. The van der Waals surface area contributed by atoms with Gasteiger partial charge in [0.2, 0.25) is 0 Å². The van der Waals surface area contributed by atoms with Crippen molar-refractivity contribution in [3.8, 4) is 0 Å². The maximum atomic E-state index is 3.55. The van der Waals surface area contributed by atoms with Crippen LogP contribution >= 0.6 is 27.3 Å². The quantitative estimate of drug-likeness (QED) is 0.863. The molecule has 17 heavy (non-hydrogen) atoms. The molecule has 0 saturated heterocycles. The zero-order valence-corrected chi connectivity index (χ0v) is 12.2. The van der Waals surface area contributed by atoms with E-state index in [4.69, 9.17) is 0 Å². The molecule has 1 aromatic carbocycles. The van der Waals surface area contributed by atoms with E-state index in [0.29, 0.717) is 6.04 Å². The van der Waals surface area contributed by atoms with Crippen LogP contribution in [0.15, 0.2) is 46.3 Å². The van der Waals surface area contributed by atoms with Gasteiger partial charge >= 0.3 is 0 Å². The molecule has 1 nitrogen and oxygen atoms in total. The van der Waals surface area contributed by atoms with Crippen LogP contribution in [-0.4, -0.2) is 6.54 Å². The molecular formula is C14H16BrNS. The minimum atomic E-state index is 0.409. The zero-order chi connectivity index (χ0) is 12.1. The molecular weight excluding hydrogens is 294 g/mol. The zero-order valence-electron chi connectivity index (χ0n) is 9.82. The normalized spacial score (nSPS) is 12.6. The smallest absolute Gasteiger partial charge is 0.0368 e. The van der Waals surface area contributed by atoms with Gasteiger partial charge in [-0.25, -0.2) is 0 Å². The van der Waals surface area contributed by atoms with Crippen LogP contribution in [0.3, 0.4) is 0 Å². The number of benzene rings is 1. The van der Waals surface area contributed by atoms with Gasteiger partial charge < -0.3 is 5.32 Å². The van der Waals surface area contributed by atoms with E-state index in [0.717, 1.165) is 17.4 Å². The van der Waals surface area contributed by atoms with Crippen molar-refractivity contribution in [2.24, 2.45) is 0 Å². The molecule has 0 fully saturated rings. The molecule has 0 radical (unpaired) electrons. The maximum Gasteiger partial charge on any atom is 0.0368 e. The minimum absolute atomic E-state index is 0.409. The van der Waals surface area contributed by atoms with Gasteiger partial charge in [0.05, 0.1) is 0 Å². The summed E-state index contributed by atoms with van der Waals surface area (Å²) in [5, 5.41) is 5.69. The van der Waals surface area contributed by atoms with Crippen molar-refractivity contribution >= 4 is 27.3 Å². The van der Waals surface area contributed by atoms with Crippen LogP contribution in [0.2, 0.25) is 0 Å². The Balaban J connectivity index is 2.13. The van der Waals surface area contributed by atoms with Gasteiger partial charge in [0.25, 0.3) is 0 Å². The summed E-state index contributed by atoms with van der Waals surface area (Å²) in [7, 11) is 0. The van der Waals surface area contributed by atoms with Crippen LogP contribution in [0.25, 0.3) is 0 Å². The monoisotopic (exact) mass is 309 g/mol. The predicted molar refractivity (Wildman–Crippen MR) is 78.6 cm³/mol. The summed E-state index contributed by atoms with van der Waals surface area (Å²) in [6, 6.07) is 13.3. The molecule has 0 amide bonds. The summed E-state index contributed by atoms with van der Waals surface area (Å²) in [6.45, 7) is 3.15. The second-order valence-corrected chi connectivity index (χ2v) is 5.89. The molecule has 0 bridgehead atoms. The van der Waals surface area contributed by atoms with Crippen molar-refractivity contribution < 1.29 is 0 Å². The Morgan fingerprint density at radius 2 is 2.00 bits per heavy atom. The van der Waals surface area contributed by atoms with Gasteiger partial charge in [0.15, 0.2) is 0 Å². The molecule has 1 aromatic heterocycles. The van der Waals surface area contributed by atoms with Gasteiger partial charge in [-0.1, -0.05) is 41.1 Å². The predicted octanol–water partition coefficient (Wildman–Crippen LogP) is 4.40. The highest BCUT2D eigenvalue weighted by Gasteiger charge is 2.11. The lowest BCUT2D eigenvalue weighted by molar-refractivity contribution is 0.553. The fourth-order valence-corrected chi connectivity index (χ4v) is 2.90. The van der Waals surface area contributed by atoms with E-state index in [1.165, 1.54) is 10.4 Å². The third-order valence-corrected chi connectivity index (χ3v) is 4.14. The second kappa shape index (κ2) is 6.34. The van der Waals surface area contributed by atoms with E-state index >= 15 is 0 Å². The molecule has 2 rings (SSSR count). The van der Waals surface area contributed by atoms with Crippen LogP contribution < -0.4 is 5.32 Å². The van der Waals surface area contributed by atoms with Crippen LogP contribution in [0.5, 0.6) is 0 Å². The molecule has 0 saturated carbocycles. The minimum Gasteiger partial charge on any atom is -0.310 e. The summed E-state index contributed by atoms with van der Waals surface area (Å²) in [6.07, 6.45) is 1.06. The molecule has 0 aliphatic rings. The number of hydrogen-bond acceptors (Lipinski definition) is 2. The van der Waals surface area contributed by atoms with Gasteiger partial charge in [0.1, 0.15) is 0 Å². The number of thiophene rings is 1. The van der Waals surface area contributed by atoms with E-state index in [9.17, 15) is 0 Å². The summed E-state index contributed by atoms with van der Waals surface area (Å²) < 4.78 is 1.13. The van der Waals surface area contributed by atoms with Gasteiger partial charge in [-0.2, -0.15) is 0 Å². The lowest BCUT2D eigenvalue weighted by atomic mass is 10.0. The fraction of sp³-hybridized carbons (Fsp3) is 0.286. The molecule has 90 valence electrons. The summed E-state index contributed by atoms with van der Waals surface area (Å²) >= 11 is 5.30. The first kappa shape index (κ1) is 12.8. The topological polar surface area (TPSA) is 12.0 Å². The highest BCUT2D eigenvalue weighted by Crippen LogP contribution is 2.22. The van der Waals surface area contributed by atoms with E-state index in [1.54, 1.807) is 0 Å². The third kappa shape index (κ3) is 3.66. The third-order valence-electron chi connectivity index (χ3n) is 2.71. The number of hydrogen-bond donors (Lipinski definition) is 1. The Bertz CT molecular complexity index is 436. The van der Waals surface area contributed by atoms with Crippen molar-refractivity contribution in [3.05, 3.63) is 56.7 Å². The molecule has 1 unspecified atom stereocenters. The summed E-state index contributed by atoms with van der Waals surface area (Å²) in [4.78, 5) is 1.43.